The minimum atomic E-state index is -1.05. The first kappa shape index (κ1) is 23.6. The van der Waals surface area contributed by atoms with E-state index >= 15 is 0 Å². The van der Waals surface area contributed by atoms with Crippen molar-refractivity contribution in [2.75, 3.05) is 31.0 Å². The van der Waals surface area contributed by atoms with Crippen molar-refractivity contribution in [3.8, 4) is 11.5 Å². The first-order chi connectivity index (χ1) is 18.1. The molecular formula is C29H27N3O4S. The van der Waals surface area contributed by atoms with Gasteiger partial charge in [-0.15, -0.1) is 0 Å². The highest BCUT2D eigenvalue weighted by Gasteiger charge is 2.39. The van der Waals surface area contributed by atoms with Crippen molar-refractivity contribution < 1.29 is 19.4 Å². The summed E-state index contributed by atoms with van der Waals surface area (Å²) >= 11 is 1.50. The van der Waals surface area contributed by atoms with Crippen LogP contribution in [-0.4, -0.2) is 47.2 Å². The van der Waals surface area contributed by atoms with E-state index in [1.165, 1.54) is 11.9 Å². The van der Waals surface area contributed by atoms with Crippen LogP contribution in [0.1, 0.15) is 28.8 Å². The van der Waals surface area contributed by atoms with Crippen LogP contribution in [0.3, 0.4) is 0 Å². The third kappa shape index (κ3) is 4.70. The summed E-state index contributed by atoms with van der Waals surface area (Å²) in [6, 6.07) is 23.2. The highest BCUT2D eigenvalue weighted by atomic mass is 32.2. The highest BCUT2D eigenvalue weighted by molar-refractivity contribution is 8.00. The molecule has 8 heteroatoms. The average Bonchev–Trinajstić information content (AvgIpc) is 2.96. The quantitative estimate of drug-likeness (QED) is 0.353. The lowest BCUT2D eigenvalue weighted by Gasteiger charge is -2.39. The predicted molar refractivity (Wildman–Crippen MR) is 144 cm³/mol. The fraction of sp³-hybridized carbons (Fsp3) is 0.241. The van der Waals surface area contributed by atoms with Gasteiger partial charge in [-0.3, -0.25) is 9.78 Å². The van der Waals surface area contributed by atoms with Crippen LogP contribution in [0.15, 0.2) is 83.9 Å². The third-order valence-electron chi connectivity index (χ3n) is 6.95. The number of para-hydroxylation sites is 2. The molecule has 7 nitrogen and oxygen atoms in total. The molecule has 37 heavy (non-hydrogen) atoms. The number of nitrogens with one attached hydrogen (secondary N) is 1. The van der Waals surface area contributed by atoms with Gasteiger partial charge in [0.15, 0.2) is 11.5 Å². The number of hydrogen-bond acceptors (Lipinski definition) is 7. The monoisotopic (exact) mass is 513 g/mol. The van der Waals surface area contributed by atoms with Crippen LogP contribution in [0.25, 0.3) is 10.9 Å². The van der Waals surface area contributed by atoms with Gasteiger partial charge in [0.25, 0.3) is 5.91 Å². The van der Waals surface area contributed by atoms with Gasteiger partial charge in [0.05, 0.1) is 16.0 Å². The van der Waals surface area contributed by atoms with Crippen LogP contribution in [0.4, 0.5) is 5.69 Å². The van der Waals surface area contributed by atoms with Gasteiger partial charge in [-0.05, 0) is 67.3 Å². The second-order valence-electron chi connectivity index (χ2n) is 9.27. The van der Waals surface area contributed by atoms with E-state index in [-0.39, 0.29) is 5.91 Å². The lowest BCUT2D eigenvalue weighted by molar-refractivity contribution is -0.0240. The van der Waals surface area contributed by atoms with Gasteiger partial charge in [-0.1, -0.05) is 30.3 Å². The Kier molecular flexibility index (Phi) is 6.36. The van der Waals surface area contributed by atoms with Gasteiger partial charge in [0.1, 0.15) is 13.2 Å². The number of piperidine rings is 1. The van der Waals surface area contributed by atoms with E-state index in [0.717, 1.165) is 27.0 Å². The van der Waals surface area contributed by atoms with Crippen LogP contribution < -0.4 is 14.2 Å². The highest BCUT2D eigenvalue weighted by Crippen LogP contribution is 2.43. The van der Waals surface area contributed by atoms with Gasteiger partial charge in [0, 0.05) is 41.5 Å². The molecule has 1 fully saturated rings. The Morgan fingerprint density at radius 1 is 0.946 bits per heavy atom. The first-order valence-electron chi connectivity index (χ1n) is 12.4. The number of aromatic nitrogens is 1. The molecule has 1 amide bonds. The topological polar surface area (TPSA) is 83.9 Å². The lowest BCUT2D eigenvalue weighted by Crippen LogP contribution is -2.45. The fourth-order valence-corrected chi connectivity index (χ4v) is 5.70. The van der Waals surface area contributed by atoms with Crippen molar-refractivity contribution >= 4 is 34.4 Å². The Bertz CT molecular complexity index is 1430. The Morgan fingerprint density at radius 2 is 1.70 bits per heavy atom. The number of aliphatic hydroxyl groups is 1. The van der Waals surface area contributed by atoms with E-state index in [2.05, 4.69) is 9.71 Å². The first-order valence-corrected chi connectivity index (χ1v) is 13.2. The number of carbonyl (C=O) groups is 1. The van der Waals surface area contributed by atoms with Crippen LogP contribution in [0.5, 0.6) is 11.5 Å². The molecule has 2 aliphatic heterocycles. The molecule has 0 saturated carbocycles. The van der Waals surface area contributed by atoms with Gasteiger partial charge in [-0.2, -0.15) is 0 Å². The Morgan fingerprint density at radius 3 is 2.54 bits per heavy atom. The van der Waals surface area contributed by atoms with Crippen molar-refractivity contribution in [3.63, 3.8) is 0 Å². The summed E-state index contributed by atoms with van der Waals surface area (Å²) in [5.41, 5.74) is 2.17. The standard InChI is InChI=1S/C29H27N3O4S/c33-28(32-16-13-29(34,14-17-32)23-6-2-7-24-27(23)36-19-18-35-24)21-9-11-22(12-10-21)31-37-25-8-1-4-20-5-3-15-30-26(20)25/h1-12,15,31,34H,13-14,16-19H2. The zero-order valence-corrected chi connectivity index (χ0v) is 21.0. The molecule has 2 N–H and O–H groups in total. The number of pyridine rings is 1. The van der Waals surface area contributed by atoms with Crippen LogP contribution >= 0.6 is 11.9 Å². The maximum absolute atomic E-state index is 13.2. The molecule has 0 aliphatic carbocycles. The number of carbonyl (C=O) groups excluding carboxylic acids is 1. The molecule has 0 radical (unpaired) electrons. The van der Waals surface area contributed by atoms with Crippen molar-refractivity contribution in [2.45, 2.75) is 23.3 Å². The van der Waals surface area contributed by atoms with E-state index in [4.69, 9.17) is 9.47 Å². The third-order valence-corrected chi connectivity index (χ3v) is 7.84. The molecule has 3 aromatic carbocycles. The molecule has 1 aromatic heterocycles. The number of ether oxygens (including phenoxy) is 2. The van der Waals surface area contributed by atoms with E-state index in [1.807, 2.05) is 72.8 Å². The summed E-state index contributed by atoms with van der Waals surface area (Å²) in [6.07, 6.45) is 2.67. The smallest absolute Gasteiger partial charge is 0.253 e. The molecule has 1 saturated heterocycles. The molecule has 3 heterocycles. The molecule has 188 valence electrons. The second kappa shape index (κ2) is 9.95. The van der Waals surface area contributed by atoms with Crippen molar-refractivity contribution in [1.29, 1.82) is 0 Å². The SMILES string of the molecule is O=C(c1ccc(NSc2cccc3cccnc23)cc1)N1CCC(O)(c2cccc3c2OCCO3)CC1. The average molecular weight is 514 g/mol. The zero-order valence-electron chi connectivity index (χ0n) is 20.2. The van der Waals surface area contributed by atoms with Gasteiger partial charge in [0.2, 0.25) is 0 Å². The summed E-state index contributed by atoms with van der Waals surface area (Å²) in [5.74, 6) is 1.25. The number of nitrogens with zero attached hydrogens (tertiary/aromatic N) is 2. The molecule has 0 bridgehead atoms. The van der Waals surface area contributed by atoms with Gasteiger partial charge >= 0.3 is 0 Å². The van der Waals surface area contributed by atoms with E-state index in [9.17, 15) is 9.90 Å². The largest absolute Gasteiger partial charge is 0.486 e. The molecule has 2 aliphatic rings. The summed E-state index contributed by atoms with van der Waals surface area (Å²) in [7, 11) is 0. The Hall–Kier alpha value is -3.75. The predicted octanol–water partition coefficient (Wildman–Crippen LogP) is 5.25. The van der Waals surface area contributed by atoms with Gasteiger partial charge < -0.3 is 24.2 Å². The maximum atomic E-state index is 13.2. The van der Waals surface area contributed by atoms with E-state index in [1.54, 1.807) is 11.1 Å². The summed E-state index contributed by atoms with van der Waals surface area (Å²) < 4.78 is 14.8. The molecule has 0 spiro atoms. The number of fused-ring (bicyclic) bond motifs is 2. The maximum Gasteiger partial charge on any atom is 0.253 e. The van der Waals surface area contributed by atoms with Crippen molar-refractivity contribution in [1.82, 2.24) is 9.88 Å². The Labute approximate surface area is 219 Å². The van der Waals surface area contributed by atoms with Gasteiger partial charge in [-0.25, -0.2) is 0 Å². The minimum absolute atomic E-state index is 0.0332. The number of likely N-dealkylation sites (tertiary alicyclic amines) is 1. The molecular weight excluding hydrogens is 486 g/mol. The van der Waals surface area contributed by atoms with Crippen LogP contribution in [0, 0.1) is 0 Å². The van der Waals surface area contributed by atoms with E-state index < -0.39 is 5.60 Å². The fourth-order valence-electron chi connectivity index (χ4n) is 4.93. The summed E-state index contributed by atoms with van der Waals surface area (Å²) in [5, 5.41) is 12.5. The number of anilines is 1. The summed E-state index contributed by atoms with van der Waals surface area (Å²) in [6.45, 7) is 1.89. The van der Waals surface area contributed by atoms with Crippen molar-refractivity contribution in [2.24, 2.45) is 0 Å². The number of rotatable bonds is 5. The minimum Gasteiger partial charge on any atom is -0.486 e. The van der Waals surface area contributed by atoms with Crippen LogP contribution in [-0.2, 0) is 5.60 Å². The second-order valence-corrected chi connectivity index (χ2v) is 10.1. The number of hydrogen-bond donors (Lipinski definition) is 2. The lowest BCUT2D eigenvalue weighted by atomic mass is 9.83. The molecule has 4 aromatic rings. The zero-order chi connectivity index (χ0) is 25.2. The Balaban J connectivity index is 1.09. The number of amides is 1. The van der Waals surface area contributed by atoms with Crippen LogP contribution in [0.2, 0.25) is 0 Å². The number of benzene rings is 3. The molecule has 0 atom stereocenters. The van der Waals surface area contributed by atoms with E-state index in [0.29, 0.717) is 56.2 Å². The molecule has 0 unspecified atom stereocenters. The summed E-state index contributed by atoms with van der Waals surface area (Å²) in [4.78, 5) is 20.5. The van der Waals surface area contributed by atoms with Crippen molar-refractivity contribution in [3.05, 3.63) is 90.1 Å². The normalized spacial score (nSPS) is 16.4. The molecule has 6 rings (SSSR count).